The summed E-state index contributed by atoms with van der Waals surface area (Å²) in [6, 6.07) is 0.183. The molecular weight excluding hydrogens is 395 g/mol. The molecule has 0 aliphatic heterocycles. The van der Waals surface area contributed by atoms with Gasteiger partial charge in [0.25, 0.3) is 0 Å². The highest BCUT2D eigenvalue weighted by Gasteiger charge is 2.14. The number of guanidine groups is 1. The summed E-state index contributed by atoms with van der Waals surface area (Å²) in [6.07, 6.45) is 0.853. The molecule has 1 aromatic heterocycles. The molecule has 22 heavy (non-hydrogen) atoms. The van der Waals surface area contributed by atoms with Crippen molar-refractivity contribution in [1.29, 1.82) is 0 Å². The minimum absolute atomic E-state index is 0. The molecule has 0 radical (unpaired) electrons. The number of hydrogen-bond donors (Lipinski definition) is 3. The third-order valence-electron chi connectivity index (χ3n) is 3.47. The van der Waals surface area contributed by atoms with E-state index in [0.717, 1.165) is 12.1 Å². The molecule has 7 nitrogen and oxygen atoms in total. The Bertz CT molecular complexity index is 526. The average Bonchev–Trinajstić information content (AvgIpc) is 2.69. The fourth-order valence-corrected chi connectivity index (χ4v) is 2.15. The second kappa shape index (κ2) is 9.65. The molecule has 0 aliphatic rings. The highest BCUT2D eigenvalue weighted by Crippen LogP contribution is 2.13. The van der Waals surface area contributed by atoms with E-state index in [1.165, 1.54) is 11.3 Å². The molecule has 0 bridgehead atoms. The zero-order valence-corrected chi connectivity index (χ0v) is 16.5. The van der Waals surface area contributed by atoms with Gasteiger partial charge < -0.3 is 16.0 Å². The quantitative estimate of drug-likeness (QED) is 0.367. The third kappa shape index (κ3) is 5.82. The number of hydrogen-bond acceptors (Lipinski definition) is 3. The van der Waals surface area contributed by atoms with Gasteiger partial charge >= 0.3 is 0 Å². The molecule has 0 spiro atoms. The summed E-state index contributed by atoms with van der Waals surface area (Å²) in [7, 11) is 5.25. The van der Waals surface area contributed by atoms with Gasteiger partial charge in [-0.15, -0.1) is 24.0 Å². The van der Waals surface area contributed by atoms with Crippen LogP contribution >= 0.6 is 24.0 Å². The zero-order valence-electron chi connectivity index (χ0n) is 14.1. The number of likely N-dealkylation sites (N-methyl/N-ethyl adjacent to an activating group) is 1. The highest BCUT2D eigenvalue weighted by atomic mass is 127. The first-order valence-corrected chi connectivity index (χ1v) is 7.05. The predicted molar refractivity (Wildman–Crippen MR) is 99.8 cm³/mol. The zero-order chi connectivity index (χ0) is 16.0. The van der Waals surface area contributed by atoms with Gasteiger partial charge in [0.2, 0.25) is 5.91 Å². The van der Waals surface area contributed by atoms with Crippen LogP contribution in [0.3, 0.4) is 0 Å². The molecule has 1 heterocycles. The van der Waals surface area contributed by atoms with Crippen LogP contribution in [-0.2, 0) is 18.3 Å². The maximum Gasteiger partial charge on any atom is 0.239 e. The number of carbonyl (C=O) groups is 1. The molecule has 1 rings (SSSR count). The van der Waals surface area contributed by atoms with Crippen molar-refractivity contribution in [2.75, 3.05) is 20.6 Å². The Hall–Kier alpha value is -1.32. The average molecular weight is 422 g/mol. The van der Waals surface area contributed by atoms with E-state index >= 15 is 0 Å². The van der Waals surface area contributed by atoms with Gasteiger partial charge in [-0.3, -0.25) is 14.5 Å². The molecule has 1 atom stereocenters. The largest absolute Gasteiger partial charge is 0.358 e. The van der Waals surface area contributed by atoms with E-state index in [4.69, 9.17) is 0 Å². The molecule has 1 aromatic rings. The van der Waals surface area contributed by atoms with Crippen LogP contribution < -0.4 is 16.0 Å². The molecular formula is C14H27IN6O. The number of aromatic nitrogens is 2. The van der Waals surface area contributed by atoms with Crippen LogP contribution in [0.5, 0.6) is 0 Å². The van der Waals surface area contributed by atoms with Gasteiger partial charge in [-0.1, -0.05) is 0 Å². The Labute approximate surface area is 149 Å². The SMILES string of the molecule is CN=C(NCC(=O)NC)NC(C)Cc1c(C)nn(C)c1C.I. The summed E-state index contributed by atoms with van der Waals surface area (Å²) >= 11 is 0. The first kappa shape index (κ1) is 20.7. The van der Waals surface area contributed by atoms with E-state index in [-0.39, 0.29) is 42.5 Å². The van der Waals surface area contributed by atoms with Crippen molar-refractivity contribution >= 4 is 35.8 Å². The van der Waals surface area contributed by atoms with Gasteiger partial charge in [-0.05, 0) is 32.8 Å². The fraction of sp³-hybridized carbons (Fsp3) is 0.643. The van der Waals surface area contributed by atoms with Crippen LogP contribution in [0.4, 0.5) is 0 Å². The Kier molecular flexibility index (Phi) is 9.07. The van der Waals surface area contributed by atoms with E-state index in [1.807, 2.05) is 18.7 Å². The minimum Gasteiger partial charge on any atom is -0.358 e. The molecule has 0 saturated carbocycles. The van der Waals surface area contributed by atoms with E-state index in [9.17, 15) is 4.79 Å². The van der Waals surface area contributed by atoms with Crippen molar-refractivity contribution in [3.05, 3.63) is 17.0 Å². The molecule has 0 fully saturated rings. The lowest BCUT2D eigenvalue weighted by Gasteiger charge is -2.18. The van der Waals surface area contributed by atoms with Crippen LogP contribution in [0.2, 0.25) is 0 Å². The van der Waals surface area contributed by atoms with Gasteiger partial charge in [0.1, 0.15) is 0 Å². The van der Waals surface area contributed by atoms with Gasteiger partial charge in [-0.25, -0.2) is 0 Å². The van der Waals surface area contributed by atoms with Gasteiger partial charge in [0, 0.05) is 32.9 Å². The number of aliphatic imine (C=N–C) groups is 1. The number of rotatable bonds is 5. The van der Waals surface area contributed by atoms with Crippen LogP contribution in [0.1, 0.15) is 23.9 Å². The molecule has 3 N–H and O–H groups in total. The monoisotopic (exact) mass is 422 g/mol. The van der Waals surface area contributed by atoms with E-state index < -0.39 is 0 Å². The summed E-state index contributed by atoms with van der Waals surface area (Å²) < 4.78 is 1.90. The van der Waals surface area contributed by atoms with E-state index in [0.29, 0.717) is 5.96 Å². The minimum atomic E-state index is -0.0791. The van der Waals surface area contributed by atoms with E-state index in [1.54, 1.807) is 14.1 Å². The topological polar surface area (TPSA) is 83.3 Å². The Morgan fingerprint density at radius 1 is 1.41 bits per heavy atom. The highest BCUT2D eigenvalue weighted by molar-refractivity contribution is 14.0. The normalized spacial score (nSPS) is 12.4. The first-order chi connectivity index (χ1) is 9.88. The smallest absolute Gasteiger partial charge is 0.239 e. The van der Waals surface area contributed by atoms with Crippen molar-refractivity contribution in [2.24, 2.45) is 12.0 Å². The third-order valence-corrected chi connectivity index (χ3v) is 3.47. The maximum atomic E-state index is 11.2. The number of carbonyl (C=O) groups excluding carboxylic acids is 1. The van der Waals surface area contributed by atoms with Crippen LogP contribution in [-0.4, -0.2) is 48.3 Å². The summed E-state index contributed by atoms with van der Waals surface area (Å²) in [5, 5.41) is 13.2. The van der Waals surface area contributed by atoms with Crippen molar-refractivity contribution in [2.45, 2.75) is 33.2 Å². The van der Waals surface area contributed by atoms with Crippen molar-refractivity contribution in [3.8, 4) is 0 Å². The number of nitrogens with zero attached hydrogens (tertiary/aromatic N) is 3. The fourth-order valence-electron chi connectivity index (χ4n) is 2.15. The first-order valence-electron chi connectivity index (χ1n) is 7.05. The Morgan fingerprint density at radius 2 is 2.05 bits per heavy atom. The molecule has 0 saturated heterocycles. The maximum absolute atomic E-state index is 11.2. The number of nitrogens with one attached hydrogen (secondary N) is 3. The number of aryl methyl sites for hydroxylation is 2. The standard InChI is InChI=1S/C14H26N6O.HI/c1-9(7-12-10(2)19-20(6)11(12)3)18-14(16-5)17-8-13(21)15-4;/h9H,7-8H2,1-6H3,(H,15,21)(H2,16,17,18);1H. The summed E-state index contributed by atoms with van der Waals surface area (Å²) in [6.45, 7) is 6.38. The van der Waals surface area contributed by atoms with Crippen molar-refractivity contribution in [1.82, 2.24) is 25.7 Å². The number of halogens is 1. The lowest BCUT2D eigenvalue weighted by atomic mass is 10.1. The second-order valence-electron chi connectivity index (χ2n) is 5.12. The van der Waals surface area contributed by atoms with Gasteiger partial charge in [-0.2, -0.15) is 5.10 Å². The summed E-state index contributed by atoms with van der Waals surface area (Å²) in [4.78, 5) is 15.4. The lowest BCUT2D eigenvalue weighted by Crippen LogP contribution is -2.46. The molecule has 8 heteroatoms. The predicted octanol–water partition coefficient (Wildman–Crippen LogP) is 0.497. The van der Waals surface area contributed by atoms with Crippen molar-refractivity contribution < 1.29 is 4.79 Å². The molecule has 1 amide bonds. The van der Waals surface area contributed by atoms with Crippen LogP contribution in [0.25, 0.3) is 0 Å². The molecule has 126 valence electrons. The number of amides is 1. The second-order valence-corrected chi connectivity index (χ2v) is 5.12. The van der Waals surface area contributed by atoms with Crippen LogP contribution in [0.15, 0.2) is 4.99 Å². The summed E-state index contributed by atoms with van der Waals surface area (Å²) in [5.41, 5.74) is 3.48. The van der Waals surface area contributed by atoms with Gasteiger partial charge in [0.05, 0.1) is 12.2 Å². The molecule has 0 aliphatic carbocycles. The lowest BCUT2D eigenvalue weighted by molar-refractivity contribution is -0.119. The van der Waals surface area contributed by atoms with Crippen molar-refractivity contribution in [3.63, 3.8) is 0 Å². The molecule has 0 aromatic carbocycles. The Balaban J connectivity index is 0.00000441. The molecule has 1 unspecified atom stereocenters. The van der Waals surface area contributed by atoms with Crippen LogP contribution in [0, 0.1) is 13.8 Å². The van der Waals surface area contributed by atoms with Gasteiger partial charge in [0.15, 0.2) is 5.96 Å². The summed E-state index contributed by atoms with van der Waals surface area (Å²) in [5.74, 6) is 0.537. The Morgan fingerprint density at radius 3 is 2.50 bits per heavy atom. The van der Waals surface area contributed by atoms with E-state index in [2.05, 4.69) is 39.9 Å².